The van der Waals surface area contributed by atoms with E-state index in [9.17, 15) is 0 Å². The number of nitrogens with one attached hydrogen (secondary N) is 2. The molecule has 0 bridgehead atoms. The Morgan fingerprint density at radius 3 is 2.88 bits per heavy atom. The molecule has 2 N–H and O–H groups in total. The highest BCUT2D eigenvalue weighted by Gasteiger charge is 2.17. The minimum Gasteiger partial charge on any atom is -0.497 e. The topological polar surface area (TPSA) is 58.1 Å². The Labute approximate surface area is 178 Å². The quantitative estimate of drug-likeness (QED) is 0.345. The zero-order chi connectivity index (χ0) is 18.1. The number of morpholine rings is 1. The molecule has 0 aromatic heterocycles. The predicted octanol–water partition coefficient (Wildman–Crippen LogP) is 2.39. The van der Waals surface area contributed by atoms with E-state index in [0.717, 1.165) is 61.5 Å². The molecule has 0 aliphatic carbocycles. The second kappa shape index (κ2) is 12.6. The van der Waals surface area contributed by atoms with Gasteiger partial charge in [-0.2, -0.15) is 0 Å². The van der Waals surface area contributed by atoms with E-state index in [1.165, 1.54) is 0 Å². The molecule has 1 atom stereocenters. The zero-order valence-electron chi connectivity index (χ0n) is 15.8. The first-order valence-electron chi connectivity index (χ1n) is 8.77. The number of ether oxygens (including phenoxy) is 2. The summed E-state index contributed by atoms with van der Waals surface area (Å²) in [5, 5.41) is 7.35. The van der Waals surface area contributed by atoms with Crippen molar-refractivity contribution in [2.45, 2.75) is 19.4 Å². The molecule has 2 rings (SSSR count). The van der Waals surface area contributed by atoms with Gasteiger partial charge in [-0.25, -0.2) is 0 Å². The molecule has 0 saturated carbocycles. The van der Waals surface area contributed by atoms with Gasteiger partial charge >= 0.3 is 0 Å². The number of likely N-dealkylation sites (N-methyl/N-ethyl adjacent to an activating group) is 1. The van der Waals surface area contributed by atoms with Gasteiger partial charge in [-0.1, -0.05) is 17.7 Å². The first-order valence-corrected chi connectivity index (χ1v) is 9.15. The van der Waals surface area contributed by atoms with E-state index in [1.807, 2.05) is 18.2 Å². The maximum atomic E-state index is 6.29. The third kappa shape index (κ3) is 7.85. The molecule has 1 saturated heterocycles. The average molecular weight is 497 g/mol. The summed E-state index contributed by atoms with van der Waals surface area (Å²) in [6.45, 7) is 6.97. The van der Waals surface area contributed by atoms with Crippen molar-refractivity contribution in [3.05, 3.63) is 28.8 Å². The monoisotopic (exact) mass is 496 g/mol. The molecule has 26 heavy (non-hydrogen) atoms. The Morgan fingerprint density at radius 2 is 2.23 bits per heavy atom. The number of hydrogen-bond acceptors (Lipinski definition) is 4. The van der Waals surface area contributed by atoms with E-state index in [2.05, 4.69) is 34.5 Å². The van der Waals surface area contributed by atoms with Crippen LogP contribution in [0.5, 0.6) is 5.75 Å². The minimum absolute atomic E-state index is 0. The fraction of sp³-hybridized carbons (Fsp3) is 0.611. The lowest BCUT2D eigenvalue weighted by molar-refractivity contribution is -0.0136. The van der Waals surface area contributed by atoms with Crippen LogP contribution in [0.15, 0.2) is 23.2 Å². The highest BCUT2D eigenvalue weighted by atomic mass is 127. The second-order valence-corrected chi connectivity index (χ2v) is 6.52. The van der Waals surface area contributed by atoms with E-state index in [1.54, 1.807) is 7.11 Å². The molecular formula is C18H30ClIN4O2. The molecule has 1 aliphatic heterocycles. The maximum absolute atomic E-state index is 6.29. The lowest BCUT2D eigenvalue weighted by Gasteiger charge is -2.29. The second-order valence-electron chi connectivity index (χ2n) is 6.11. The lowest BCUT2D eigenvalue weighted by Crippen LogP contribution is -2.43. The third-order valence-electron chi connectivity index (χ3n) is 4.09. The van der Waals surface area contributed by atoms with Crippen molar-refractivity contribution in [2.75, 3.05) is 53.5 Å². The van der Waals surface area contributed by atoms with Crippen LogP contribution in [0.2, 0.25) is 5.02 Å². The summed E-state index contributed by atoms with van der Waals surface area (Å²) in [7, 11) is 3.75. The minimum atomic E-state index is 0. The molecule has 0 spiro atoms. The molecule has 1 unspecified atom stereocenters. The number of benzene rings is 1. The summed E-state index contributed by atoms with van der Waals surface area (Å²) in [5.74, 6) is 1.58. The third-order valence-corrected chi connectivity index (χ3v) is 4.44. The number of guanidine groups is 1. The van der Waals surface area contributed by atoms with Crippen molar-refractivity contribution in [2.24, 2.45) is 4.99 Å². The van der Waals surface area contributed by atoms with Crippen molar-refractivity contribution in [3.8, 4) is 5.75 Å². The Kier molecular flexibility index (Phi) is 11.3. The Morgan fingerprint density at radius 1 is 1.42 bits per heavy atom. The van der Waals surface area contributed by atoms with Gasteiger partial charge in [-0.3, -0.25) is 4.99 Å². The molecule has 0 radical (unpaired) electrons. The largest absolute Gasteiger partial charge is 0.497 e. The first kappa shape index (κ1) is 23.3. The smallest absolute Gasteiger partial charge is 0.191 e. The van der Waals surface area contributed by atoms with Crippen LogP contribution in [0.25, 0.3) is 0 Å². The van der Waals surface area contributed by atoms with Crippen LogP contribution in [0.1, 0.15) is 12.5 Å². The van der Waals surface area contributed by atoms with Gasteiger partial charge < -0.3 is 25.0 Å². The van der Waals surface area contributed by atoms with E-state index in [4.69, 9.17) is 21.1 Å². The number of nitrogens with zero attached hydrogens (tertiary/aromatic N) is 2. The summed E-state index contributed by atoms with van der Waals surface area (Å²) in [5.41, 5.74) is 1.09. The van der Waals surface area contributed by atoms with Crippen LogP contribution >= 0.6 is 35.6 Å². The molecule has 1 fully saturated rings. The molecule has 1 aromatic rings. The van der Waals surface area contributed by atoms with Crippen molar-refractivity contribution < 1.29 is 9.47 Å². The van der Waals surface area contributed by atoms with Crippen molar-refractivity contribution in [1.82, 2.24) is 15.5 Å². The van der Waals surface area contributed by atoms with Gasteiger partial charge in [0.2, 0.25) is 0 Å². The predicted molar refractivity (Wildman–Crippen MR) is 118 cm³/mol. The van der Waals surface area contributed by atoms with Crippen LogP contribution in [0.3, 0.4) is 0 Å². The Balaban J connectivity index is 0.00000338. The summed E-state index contributed by atoms with van der Waals surface area (Å²) < 4.78 is 10.9. The van der Waals surface area contributed by atoms with Gasteiger partial charge in [0.15, 0.2) is 5.96 Å². The summed E-state index contributed by atoms with van der Waals surface area (Å²) in [6.07, 6.45) is 0.973. The SMILES string of the molecule is CCNC(=NCC1CN(C)CCO1)NCCc1ccc(OC)cc1Cl.I. The number of halogens is 2. The fourth-order valence-electron chi connectivity index (χ4n) is 2.69. The standard InChI is InChI=1S/C18H29ClN4O2.HI/c1-4-20-18(22-12-16-13-23(2)9-10-25-16)21-8-7-14-5-6-15(24-3)11-17(14)19;/h5-6,11,16H,4,7-10,12-13H2,1-3H3,(H2,20,21,22);1H. The van der Waals surface area contributed by atoms with Gasteiger partial charge in [0.1, 0.15) is 5.75 Å². The lowest BCUT2D eigenvalue weighted by atomic mass is 10.1. The molecule has 1 heterocycles. The zero-order valence-corrected chi connectivity index (χ0v) is 18.8. The number of hydrogen-bond donors (Lipinski definition) is 2. The number of rotatable bonds is 7. The Hall–Kier alpha value is -0.770. The van der Waals surface area contributed by atoms with Gasteiger partial charge in [0, 0.05) is 31.2 Å². The van der Waals surface area contributed by atoms with Crippen LogP contribution in [-0.2, 0) is 11.2 Å². The van der Waals surface area contributed by atoms with Crippen molar-refractivity contribution >= 4 is 41.5 Å². The molecule has 6 nitrogen and oxygen atoms in total. The normalized spacial score (nSPS) is 18.2. The van der Waals surface area contributed by atoms with E-state index in [-0.39, 0.29) is 30.1 Å². The van der Waals surface area contributed by atoms with Gasteiger partial charge in [-0.05, 0) is 38.1 Å². The van der Waals surface area contributed by atoms with Gasteiger partial charge in [0.25, 0.3) is 0 Å². The summed E-state index contributed by atoms with van der Waals surface area (Å²) >= 11 is 6.29. The van der Waals surface area contributed by atoms with Crippen LogP contribution in [-0.4, -0.2) is 70.5 Å². The average Bonchev–Trinajstić information content (AvgIpc) is 2.61. The van der Waals surface area contributed by atoms with Crippen LogP contribution in [0, 0.1) is 0 Å². The summed E-state index contributed by atoms with van der Waals surface area (Å²) in [6, 6.07) is 5.77. The molecule has 1 aromatic carbocycles. The van der Waals surface area contributed by atoms with E-state index in [0.29, 0.717) is 6.54 Å². The fourth-order valence-corrected chi connectivity index (χ4v) is 2.95. The van der Waals surface area contributed by atoms with Crippen LogP contribution in [0.4, 0.5) is 0 Å². The highest BCUT2D eigenvalue weighted by molar-refractivity contribution is 14.0. The van der Waals surface area contributed by atoms with E-state index < -0.39 is 0 Å². The van der Waals surface area contributed by atoms with E-state index >= 15 is 0 Å². The van der Waals surface area contributed by atoms with Crippen molar-refractivity contribution in [3.63, 3.8) is 0 Å². The highest BCUT2D eigenvalue weighted by Crippen LogP contribution is 2.22. The number of aliphatic imine (C=N–C) groups is 1. The summed E-state index contributed by atoms with van der Waals surface area (Å²) in [4.78, 5) is 6.92. The molecule has 0 amide bonds. The molecule has 8 heteroatoms. The molecule has 148 valence electrons. The van der Waals surface area contributed by atoms with Gasteiger partial charge in [0.05, 0.1) is 26.4 Å². The molecule has 1 aliphatic rings. The van der Waals surface area contributed by atoms with Gasteiger partial charge in [-0.15, -0.1) is 24.0 Å². The first-order chi connectivity index (χ1) is 12.1. The Bertz CT molecular complexity index is 574. The van der Waals surface area contributed by atoms with Crippen LogP contribution < -0.4 is 15.4 Å². The number of methoxy groups -OCH3 is 1. The van der Waals surface area contributed by atoms with Crippen molar-refractivity contribution in [1.29, 1.82) is 0 Å². The maximum Gasteiger partial charge on any atom is 0.191 e. The molecular weight excluding hydrogens is 467 g/mol.